The fourth-order valence-electron chi connectivity index (χ4n) is 2.63. The average Bonchev–Trinajstić information content (AvgIpc) is 3.37. The number of nitrogens with zero attached hydrogens (tertiary/aromatic N) is 4. The maximum atomic E-state index is 13.6. The van der Waals surface area contributed by atoms with E-state index in [0.717, 1.165) is 17.8 Å². The molecule has 156 valence electrons. The monoisotopic (exact) mass is 468 g/mol. The lowest BCUT2D eigenvalue weighted by molar-refractivity contribution is -0.138. The van der Waals surface area contributed by atoms with Crippen LogP contribution in [0, 0.1) is 11.3 Å². The zero-order valence-electron chi connectivity index (χ0n) is 15.9. The third-order valence-corrected chi connectivity index (χ3v) is 6.81. The first-order chi connectivity index (χ1) is 14.2. The van der Waals surface area contributed by atoms with E-state index in [9.17, 15) is 23.2 Å². The molecule has 3 heterocycles. The number of nitriles is 1. The second-order valence-electron chi connectivity index (χ2n) is 6.00. The number of halogens is 3. The van der Waals surface area contributed by atoms with E-state index >= 15 is 0 Å². The summed E-state index contributed by atoms with van der Waals surface area (Å²) >= 11 is 3.57. The van der Waals surface area contributed by atoms with Gasteiger partial charge in [-0.2, -0.15) is 18.4 Å². The van der Waals surface area contributed by atoms with Crippen LogP contribution in [0.2, 0.25) is 0 Å². The summed E-state index contributed by atoms with van der Waals surface area (Å²) in [7, 11) is 0. The molecule has 30 heavy (non-hydrogen) atoms. The molecule has 0 saturated carbocycles. The molecule has 0 aliphatic rings. The predicted octanol–water partition coefficient (Wildman–Crippen LogP) is 5.82. The van der Waals surface area contributed by atoms with Crippen LogP contribution in [0.5, 0.6) is 0 Å². The van der Waals surface area contributed by atoms with Gasteiger partial charge in [0.2, 0.25) is 5.91 Å². The minimum absolute atomic E-state index is 0.00388. The molecule has 11 heteroatoms. The number of thiazole rings is 1. The summed E-state index contributed by atoms with van der Waals surface area (Å²) in [6, 6.07) is 5.98. The molecule has 0 spiro atoms. The van der Waals surface area contributed by atoms with Gasteiger partial charge in [-0.1, -0.05) is 17.8 Å². The summed E-state index contributed by atoms with van der Waals surface area (Å²) in [4.78, 5) is 22.5. The van der Waals surface area contributed by atoms with E-state index in [2.05, 4.69) is 9.97 Å². The molecule has 0 aromatic carbocycles. The number of pyridine rings is 1. The maximum absolute atomic E-state index is 13.6. The highest BCUT2D eigenvalue weighted by atomic mass is 32.2. The largest absolute Gasteiger partial charge is 0.417 e. The van der Waals surface area contributed by atoms with Gasteiger partial charge >= 0.3 is 6.18 Å². The number of carbonyl (C=O) groups is 1. The Morgan fingerprint density at radius 2 is 2.10 bits per heavy atom. The molecule has 0 unspecified atom stereocenters. The first-order valence-corrected chi connectivity index (χ1v) is 11.4. The van der Waals surface area contributed by atoms with Crippen LogP contribution >= 0.6 is 34.4 Å². The molecule has 3 aromatic heterocycles. The molecular formula is C19H15F3N4OS3. The second kappa shape index (κ2) is 9.16. The van der Waals surface area contributed by atoms with Crippen molar-refractivity contribution in [2.24, 2.45) is 0 Å². The van der Waals surface area contributed by atoms with E-state index in [1.807, 2.05) is 6.92 Å². The summed E-state index contributed by atoms with van der Waals surface area (Å²) in [5.41, 5.74) is -0.729. The molecule has 5 nitrogen and oxygen atoms in total. The Hall–Kier alpha value is -2.42. The molecule has 0 aliphatic carbocycles. The van der Waals surface area contributed by atoms with Crippen molar-refractivity contribution in [1.82, 2.24) is 9.97 Å². The van der Waals surface area contributed by atoms with Crippen LogP contribution in [0.4, 0.5) is 18.3 Å². The van der Waals surface area contributed by atoms with E-state index in [-0.39, 0.29) is 22.4 Å². The van der Waals surface area contributed by atoms with Crippen molar-refractivity contribution in [3.8, 4) is 16.6 Å². The van der Waals surface area contributed by atoms with E-state index in [4.69, 9.17) is 0 Å². The predicted molar refractivity (Wildman–Crippen MR) is 113 cm³/mol. The van der Waals surface area contributed by atoms with Crippen molar-refractivity contribution in [2.45, 2.75) is 30.8 Å². The van der Waals surface area contributed by atoms with Gasteiger partial charge in [-0.15, -0.1) is 22.7 Å². The third kappa shape index (κ3) is 4.83. The van der Waals surface area contributed by atoms with Crippen LogP contribution in [0.15, 0.2) is 34.0 Å². The molecule has 3 aromatic rings. The Bertz CT molecular complexity index is 1090. The number of aromatic nitrogens is 2. The highest BCUT2D eigenvalue weighted by molar-refractivity contribution is 7.98. The van der Waals surface area contributed by atoms with Crippen LogP contribution in [0.1, 0.15) is 30.7 Å². The summed E-state index contributed by atoms with van der Waals surface area (Å²) in [5.74, 6) is 0.0803. The van der Waals surface area contributed by atoms with Gasteiger partial charge in [-0.25, -0.2) is 9.97 Å². The molecular weight excluding hydrogens is 453 g/mol. The smallest absolute Gasteiger partial charge is 0.289 e. The minimum atomic E-state index is -4.67. The first kappa shape index (κ1) is 22.3. The highest BCUT2D eigenvalue weighted by Gasteiger charge is 2.36. The van der Waals surface area contributed by atoms with E-state index in [1.165, 1.54) is 34.5 Å². The summed E-state index contributed by atoms with van der Waals surface area (Å²) < 4.78 is 40.7. The first-order valence-electron chi connectivity index (χ1n) is 8.66. The summed E-state index contributed by atoms with van der Waals surface area (Å²) in [6.07, 6.45) is -4.67. The number of hydrogen-bond acceptors (Lipinski definition) is 7. The molecule has 0 bridgehead atoms. The maximum Gasteiger partial charge on any atom is 0.417 e. The lowest BCUT2D eigenvalue weighted by Gasteiger charge is -2.14. The lowest BCUT2D eigenvalue weighted by Crippen LogP contribution is -2.27. The lowest BCUT2D eigenvalue weighted by atomic mass is 10.1. The number of thiophene rings is 1. The number of thioether (sulfide) groups is 1. The van der Waals surface area contributed by atoms with E-state index in [0.29, 0.717) is 22.2 Å². The van der Waals surface area contributed by atoms with Crippen molar-refractivity contribution in [1.29, 1.82) is 5.26 Å². The molecule has 3 rings (SSSR count). The van der Waals surface area contributed by atoms with Crippen LogP contribution in [0.25, 0.3) is 10.6 Å². The van der Waals surface area contributed by atoms with Crippen LogP contribution in [-0.4, -0.2) is 22.4 Å². The Kier molecular flexibility index (Phi) is 6.80. The van der Waals surface area contributed by atoms with Gasteiger partial charge in [0.1, 0.15) is 11.1 Å². The number of rotatable bonds is 6. The fourth-order valence-corrected chi connectivity index (χ4v) is 5.25. The number of alkyl halides is 3. The Labute approximate surface area is 183 Å². The SMILES string of the molecule is CCN(C(C)=O)c1nc(CSc2nc(-c3cccs3)cc(C(F)(F)F)c2C#N)cs1. The Balaban J connectivity index is 1.94. The quantitative estimate of drug-likeness (QED) is 0.426. The summed E-state index contributed by atoms with van der Waals surface area (Å²) in [6.45, 7) is 3.74. The van der Waals surface area contributed by atoms with Gasteiger partial charge in [-0.3, -0.25) is 9.69 Å². The zero-order chi connectivity index (χ0) is 21.9. The van der Waals surface area contributed by atoms with Gasteiger partial charge in [-0.05, 0) is 24.4 Å². The second-order valence-corrected chi connectivity index (χ2v) is 8.74. The Morgan fingerprint density at radius 1 is 1.33 bits per heavy atom. The zero-order valence-corrected chi connectivity index (χ0v) is 18.3. The normalized spacial score (nSPS) is 11.3. The molecule has 0 radical (unpaired) electrons. The molecule has 1 amide bonds. The molecule has 0 fully saturated rings. The number of hydrogen-bond donors (Lipinski definition) is 0. The molecule has 0 saturated heterocycles. The van der Waals surface area contributed by atoms with Gasteiger partial charge in [0.05, 0.1) is 27.4 Å². The molecule has 0 N–H and O–H groups in total. The van der Waals surface area contributed by atoms with Crippen molar-refractivity contribution in [3.05, 3.63) is 45.8 Å². The molecule has 0 atom stereocenters. The average molecular weight is 469 g/mol. The molecule has 0 aliphatic heterocycles. The van der Waals surface area contributed by atoms with E-state index < -0.39 is 17.3 Å². The summed E-state index contributed by atoms with van der Waals surface area (Å²) in [5, 5.41) is 13.4. The highest BCUT2D eigenvalue weighted by Crippen LogP contribution is 2.39. The third-order valence-electron chi connectivity index (χ3n) is 4.00. The topological polar surface area (TPSA) is 69.9 Å². The van der Waals surface area contributed by atoms with Crippen molar-refractivity contribution in [2.75, 3.05) is 11.4 Å². The van der Waals surface area contributed by atoms with Crippen LogP contribution in [0.3, 0.4) is 0 Å². The standard InChI is InChI=1S/C19H15F3N4OS3/c1-3-26(11(2)27)18-24-12(10-30-18)9-29-17-13(8-23)14(19(20,21)22)7-15(25-17)16-5-4-6-28-16/h4-7,10H,3,9H2,1-2H3. The number of anilines is 1. The van der Waals surface area contributed by atoms with Gasteiger partial charge in [0.15, 0.2) is 5.13 Å². The van der Waals surface area contributed by atoms with Crippen LogP contribution < -0.4 is 4.90 Å². The van der Waals surface area contributed by atoms with Crippen molar-refractivity contribution >= 4 is 45.5 Å². The number of carbonyl (C=O) groups excluding carboxylic acids is 1. The fraction of sp³-hybridized carbons (Fsp3) is 0.263. The van der Waals surface area contributed by atoms with Crippen LogP contribution in [-0.2, 0) is 16.7 Å². The Morgan fingerprint density at radius 3 is 2.67 bits per heavy atom. The van der Waals surface area contributed by atoms with E-state index in [1.54, 1.807) is 29.0 Å². The minimum Gasteiger partial charge on any atom is -0.289 e. The number of amides is 1. The van der Waals surface area contributed by atoms with Crippen molar-refractivity contribution < 1.29 is 18.0 Å². The van der Waals surface area contributed by atoms with Crippen molar-refractivity contribution in [3.63, 3.8) is 0 Å². The van der Waals surface area contributed by atoms with Gasteiger partial charge in [0, 0.05) is 24.6 Å². The van der Waals surface area contributed by atoms with Gasteiger partial charge in [0.25, 0.3) is 0 Å². The van der Waals surface area contributed by atoms with Gasteiger partial charge < -0.3 is 0 Å².